The molecule has 9 heteroatoms. The van der Waals surface area contributed by atoms with Crippen LogP contribution in [-0.2, 0) is 9.59 Å². The minimum Gasteiger partial charge on any atom is -0.507 e. The molecule has 34 heavy (non-hydrogen) atoms. The molecule has 0 radical (unpaired) electrons. The van der Waals surface area contributed by atoms with Gasteiger partial charge in [0.05, 0.1) is 43.2 Å². The standard InChI is InChI=1S/C25H21ClN2O6/c1-32-15-9-7-14(8-10-15)28-22(18-6-4-5-11-27-18)21(24(30)25(28)31)23(29)16-12-20(34-3)17(26)13-19(16)33-2/h4-13,22,29H,1-3H3/b23-21+. The molecule has 1 amide bonds. The van der Waals surface area contributed by atoms with Gasteiger partial charge in [-0.05, 0) is 42.5 Å². The van der Waals surface area contributed by atoms with Crippen LogP contribution in [0.4, 0.5) is 5.69 Å². The first-order valence-corrected chi connectivity index (χ1v) is 10.6. The second-order valence-corrected chi connectivity index (χ2v) is 7.72. The molecule has 0 aliphatic carbocycles. The number of aliphatic hydroxyl groups excluding tert-OH is 1. The van der Waals surface area contributed by atoms with Gasteiger partial charge < -0.3 is 19.3 Å². The molecular formula is C25H21ClN2O6. The van der Waals surface area contributed by atoms with Gasteiger partial charge in [0, 0.05) is 18.0 Å². The highest BCUT2D eigenvalue weighted by molar-refractivity contribution is 6.51. The van der Waals surface area contributed by atoms with Gasteiger partial charge >= 0.3 is 0 Å². The van der Waals surface area contributed by atoms with Crippen molar-refractivity contribution in [1.29, 1.82) is 0 Å². The number of aromatic nitrogens is 1. The maximum atomic E-state index is 13.3. The van der Waals surface area contributed by atoms with E-state index in [4.69, 9.17) is 25.8 Å². The van der Waals surface area contributed by atoms with E-state index in [0.717, 1.165) is 0 Å². The van der Waals surface area contributed by atoms with Gasteiger partial charge in [-0.1, -0.05) is 17.7 Å². The lowest BCUT2D eigenvalue weighted by Crippen LogP contribution is -2.29. The predicted octanol–water partition coefficient (Wildman–Crippen LogP) is 4.39. The third-order valence-electron chi connectivity index (χ3n) is 5.49. The van der Waals surface area contributed by atoms with Gasteiger partial charge in [-0.3, -0.25) is 19.5 Å². The van der Waals surface area contributed by atoms with E-state index in [1.807, 2.05) is 0 Å². The molecule has 0 bridgehead atoms. The highest BCUT2D eigenvalue weighted by atomic mass is 35.5. The van der Waals surface area contributed by atoms with Crippen molar-refractivity contribution in [2.75, 3.05) is 26.2 Å². The fraction of sp³-hybridized carbons (Fsp3) is 0.160. The van der Waals surface area contributed by atoms with E-state index in [2.05, 4.69) is 4.98 Å². The molecule has 1 unspecified atom stereocenters. The average Bonchev–Trinajstić information content (AvgIpc) is 3.14. The number of carbonyl (C=O) groups excluding carboxylic acids is 2. The number of pyridine rings is 1. The first kappa shape index (κ1) is 23.1. The fourth-order valence-corrected chi connectivity index (χ4v) is 4.08. The molecule has 0 spiro atoms. The molecule has 1 saturated heterocycles. The summed E-state index contributed by atoms with van der Waals surface area (Å²) in [4.78, 5) is 32.2. The number of hydrogen-bond acceptors (Lipinski definition) is 7. The molecule has 4 rings (SSSR count). The number of anilines is 1. The molecule has 3 aromatic rings. The van der Waals surface area contributed by atoms with Crippen molar-refractivity contribution < 1.29 is 28.9 Å². The number of ketones is 1. The second kappa shape index (κ2) is 9.44. The Balaban J connectivity index is 1.96. The third-order valence-corrected chi connectivity index (χ3v) is 5.79. The molecule has 1 aliphatic heterocycles. The number of halogens is 1. The van der Waals surface area contributed by atoms with Crippen LogP contribution in [0.1, 0.15) is 17.3 Å². The van der Waals surface area contributed by atoms with Gasteiger partial charge in [-0.15, -0.1) is 0 Å². The van der Waals surface area contributed by atoms with E-state index in [1.165, 1.54) is 38.4 Å². The Kier molecular flexibility index (Phi) is 6.43. The van der Waals surface area contributed by atoms with Crippen molar-refractivity contribution in [3.8, 4) is 17.2 Å². The van der Waals surface area contributed by atoms with Crippen LogP contribution in [0.5, 0.6) is 17.2 Å². The summed E-state index contributed by atoms with van der Waals surface area (Å²) in [6, 6.07) is 13.7. The summed E-state index contributed by atoms with van der Waals surface area (Å²) in [6.07, 6.45) is 1.55. The third kappa shape index (κ3) is 3.92. The van der Waals surface area contributed by atoms with Crippen LogP contribution in [-0.4, -0.2) is 43.1 Å². The van der Waals surface area contributed by atoms with Gasteiger partial charge in [-0.25, -0.2) is 0 Å². The summed E-state index contributed by atoms with van der Waals surface area (Å²) in [5.41, 5.74) is 0.858. The number of aliphatic hydroxyl groups is 1. The Morgan fingerprint density at radius 1 is 0.971 bits per heavy atom. The number of ether oxygens (including phenoxy) is 3. The Hall–Kier alpha value is -4.04. The first-order chi connectivity index (χ1) is 16.4. The Bertz CT molecular complexity index is 1270. The number of Topliss-reactive ketones (excluding diaryl/α,β-unsaturated/α-hetero) is 1. The Morgan fingerprint density at radius 3 is 2.26 bits per heavy atom. The lowest BCUT2D eigenvalue weighted by Gasteiger charge is -2.25. The van der Waals surface area contributed by atoms with Crippen molar-refractivity contribution in [1.82, 2.24) is 4.98 Å². The number of rotatable bonds is 6. The van der Waals surface area contributed by atoms with Crippen molar-refractivity contribution >= 4 is 34.7 Å². The molecular weight excluding hydrogens is 460 g/mol. The van der Waals surface area contributed by atoms with Crippen molar-refractivity contribution in [2.24, 2.45) is 0 Å². The largest absolute Gasteiger partial charge is 0.507 e. The normalized spacial score (nSPS) is 17.1. The van der Waals surface area contributed by atoms with E-state index in [-0.39, 0.29) is 27.7 Å². The topological polar surface area (TPSA) is 98.2 Å². The summed E-state index contributed by atoms with van der Waals surface area (Å²) in [6.45, 7) is 0. The van der Waals surface area contributed by atoms with Crippen LogP contribution < -0.4 is 19.1 Å². The molecule has 1 fully saturated rings. The van der Waals surface area contributed by atoms with E-state index in [9.17, 15) is 14.7 Å². The lowest BCUT2D eigenvalue weighted by atomic mass is 9.97. The van der Waals surface area contributed by atoms with Gasteiger partial charge in [0.1, 0.15) is 29.0 Å². The molecule has 2 heterocycles. The molecule has 174 valence electrons. The van der Waals surface area contributed by atoms with Gasteiger partial charge in [0.2, 0.25) is 0 Å². The van der Waals surface area contributed by atoms with E-state index in [1.54, 1.807) is 48.7 Å². The zero-order valence-corrected chi connectivity index (χ0v) is 19.4. The summed E-state index contributed by atoms with van der Waals surface area (Å²) in [5.74, 6) is -1.03. The highest BCUT2D eigenvalue weighted by Crippen LogP contribution is 2.44. The first-order valence-electron chi connectivity index (χ1n) is 10.2. The number of benzene rings is 2. The van der Waals surface area contributed by atoms with E-state index < -0.39 is 23.5 Å². The minimum absolute atomic E-state index is 0.137. The molecule has 8 nitrogen and oxygen atoms in total. The molecule has 1 N–H and O–H groups in total. The summed E-state index contributed by atoms with van der Waals surface area (Å²) in [5, 5.41) is 11.6. The quantitative estimate of drug-likeness (QED) is 0.317. The summed E-state index contributed by atoms with van der Waals surface area (Å²) < 4.78 is 15.8. The summed E-state index contributed by atoms with van der Waals surface area (Å²) >= 11 is 6.20. The van der Waals surface area contributed by atoms with Gasteiger partial charge in [-0.2, -0.15) is 0 Å². The maximum absolute atomic E-state index is 13.3. The van der Waals surface area contributed by atoms with Gasteiger partial charge in [0.15, 0.2) is 0 Å². The maximum Gasteiger partial charge on any atom is 0.300 e. The van der Waals surface area contributed by atoms with Crippen LogP contribution in [0.15, 0.2) is 66.4 Å². The Labute approximate surface area is 201 Å². The van der Waals surface area contributed by atoms with Crippen molar-refractivity contribution in [3.05, 3.63) is 82.6 Å². The monoisotopic (exact) mass is 480 g/mol. The van der Waals surface area contributed by atoms with Crippen LogP contribution >= 0.6 is 11.6 Å². The Morgan fingerprint density at radius 2 is 1.68 bits per heavy atom. The molecule has 2 aromatic carbocycles. The highest BCUT2D eigenvalue weighted by Gasteiger charge is 2.48. The van der Waals surface area contributed by atoms with Crippen LogP contribution in [0.3, 0.4) is 0 Å². The summed E-state index contributed by atoms with van der Waals surface area (Å²) in [7, 11) is 4.36. The van der Waals surface area contributed by atoms with E-state index in [0.29, 0.717) is 17.1 Å². The van der Waals surface area contributed by atoms with Crippen molar-refractivity contribution in [3.63, 3.8) is 0 Å². The fourth-order valence-electron chi connectivity index (χ4n) is 3.85. The van der Waals surface area contributed by atoms with Crippen LogP contribution in [0.25, 0.3) is 5.76 Å². The second-order valence-electron chi connectivity index (χ2n) is 7.31. The lowest BCUT2D eigenvalue weighted by molar-refractivity contribution is -0.132. The average molecular weight is 481 g/mol. The zero-order valence-electron chi connectivity index (χ0n) is 18.6. The number of nitrogens with zero attached hydrogens (tertiary/aromatic N) is 2. The minimum atomic E-state index is -0.985. The number of carbonyl (C=O) groups is 2. The predicted molar refractivity (Wildman–Crippen MR) is 127 cm³/mol. The molecule has 1 aliphatic rings. The number of methoxy groups -OCH3 is 3. The van der Waals surface area contributed by atoms with Crippen molar-refractivity contribution in [2.45, 2.75) is 6.04 Å². The van der Waals surface area contributed by atoms with E-state index >= 15 is 0 Å². The molecule has 0 saturated carbocycles. The smallest absolute Gasteiger partial charge is 0.300 e. The van der Waals surface area contributed by atoms with Crippen LogP contribution in [0.2, 0.25) is 5.02 Å². The SMILES string of the molecule is COc1ccc(N2C(=O)C(=O)/C(=C(/O)c3cc(OC)c(Cl)cc3OC)C2c2ccccn2)cc1. The molecule has 1 atom stereocenters. The zero-order chi connectivity index (χ0) is 24.4. The number of amides is 1. The van der Waals surface area contributed by atoms with Gasteiger partial charge in [0.25, 0.3) is 11.7 Å². The van der Waals surface area contributed by atoms with Crippen LogP contribution in [0, 0.1) is 0 Å². The number of hydrogen-bond donors (Lipinski definition) is 1. The molecule has 1 aromatic heterocycles.